The second-order valence-electron chi connectivity index (χ2n) is 6.38. The molecule has 3 nitrogen and oxygen atoms in total. The van der Waals surface area contributed by atoms with Crippen molar-refractivity contribution >= 4 is 5.91 Å². The van der Waals surface area contributed by atoms with Crippen molar-refractivity contribution in [3.63, 3.8) is 0 Å². The highest BCUT2D eigenvalue weighted by molar-refractivity contribution is 5.79. The highest BCUT2D eigenvalue weighted by Crippen LogP contribution is 2.29. The van der Waals surface area contributed by atoms with Crippen molar-refractivity contribution in [1.29, 1.82) is 0 Å². The standard InChI is InChI=1S/C17H24N2O/c1-19(17(20)14-6-8-15(18)10-14)16-9-7-12-4-2-3-5-13(12)11-16/h2-5,14-16H,6-11,18H2,1H3. The van der Waals surface area contributed by atoms with E-state index in [2.05, 4.69) is 24.3 Å². The summed E-state index contributed by atoms with van der Waals surface area (Å²) in [5.41, 5.74) is 8.79. The summed E-state index contributed by atoms with van der Waals surface area (Å²) in [5, 5.41) is 0. The molecule has 0 bridgehead atoms. The van der Waals surface area contributed by atoms with Crippen LogP contribution in [0, 0.1) is 5.92 Å². The highest BCUT2D eigenvalue weighted by atomic mass is 16.2. The first-order valence-corrected chi connectivity index (χ1v) is 7.74. The van der Waals surface area contributed by atoms with Crippen LogP contribution in [0.25, 0.3) is 0 Å². The molecule has 0 radical (unpaired) electrons. The molecule has 0 aliphatic heterocycles. The lowest BCUT2D eigenvalue weighted by Crippen LogP contribution is -2.43. The Morgan fingerprint density at radius 2 is 1.95 bits per heavy atom. The van der Waals surface area contributed by atoms with Gasteiger partial charge in [-0.3, -0.25) is 4.79 Å². The SMILES string of the molecule is CN(C(=O)C1CCC(N)C1)C1CCc2ccccc2C1. The third-order valence-corrected chi connectivity index (χ3v) is 5.04. The Hall–Kier alpha value is -1.35. The summed E-state index contributed by atoms with van der Waals surface area (Å²) >= 11 is 0. The van der Waals surface area contributed by atoms with Crippen LogP contribution in [0.1, 0.15) is 36.8 Å². The largest absolute Gasteiger partial charge is 0.342 e. The maximum absolute atomic E-state index is 12.6. The Kier molecular flexibility index (Phi) is 3.79. The number of hydrogen-bond donors (Lipinski definition) is 1. The lowest BCUT2D eigenvalue weighted by molar-refractivity contribution is -0.136. The van der Waals surface area contributed by atoms with Crippen molar-refractivity contribution in [2.24, 2.45) is 11.7 Å². The van der Waals surface area contributed by atoms with Crippen LogP contribution in [-0.2, 0) is 17.6 Å². The number of amides is 1. The topological polar surface area (TPSA) is 46.3 Å². The van der Waals surface area contributed by atoms with Crippen LogP contribution in [0.3, 0.4) is 0 Å². The number of carbonyl (C=O) groups excluding carboxylic acids is 1. The number of benzene rings is 1. The van der Waals surface area contributed by atoms with Crippen LogP contribution in [0.5, 0.6) is 0 Å². The number of rotatable bonds is 2. The van der Waals surface area contributed by atoms with Crippen molar-refractivity contribution in [2.75, 3.05) is 7.05 Å². The van der Waals surface area contributed by atoms with Crippen LogP contribution in [-0.4, -0.2) is 29.9 Å². The van der Waals surface area contributed by atoms with Gasteiger partial charge in [-0.05, 0) is 49.7 Å². The van der Waals surface area contributed by atoms with Crippen molar-refractivity contribution < 1.29 is 4.79 Å². The molecule has 2 N–H and O–H groups in total. The molecule has 1 aromatic rings. The maximum atomic E-state index is 12.6. The van der Waals surface area contributed by atoms with Gasteiger partial charge in [0.05, 0.1) is 0 Å². The Labute approximate surface area is 121 Å². The molecule has 2 aliphatic rings. The Morgan fingerprint density at radius 3 is 2.65 bits per heavy atom. The minimum atomic E-state index is 0.159. The quantitative estimate of drug-likeness (QED) is 0.896. The fourth-order valence-corrected chi connectivity index (χ4v) is 3.72. The number of aryl methyl sites for hydroxylation is 1. The third kappa shape index (κ3) is 2.59. The molecule has 3 atom stereocenters. The number of hydrogen-bond acceptors (Lipinski definition) is 2. The van der Waals surface area contributed by atoms with E-state index in [4.69, 9.17) is 5.73 Å². The third-order valence-electron chi connectivity index (χ3n) is 5.04. The summed E-state index contributed by atoms with van der Waals surface area (Å²) in [6.45, 7) is 0. The lowest BCUT2D eigenvalue weighted by atomic mass is 9.87. The zero-order chi connectivity index (χ0) is 14.1. The van der Waals surface area contributed by atoms with Crippen LogP contribution in [0.15, 0.2) is 24.3 Å². The zero-order valence-electron chi connectivity index (χ0n) is 12.2. The molecule has 3 unspecified atom stereocenters. The number of carbonyl (C=O) groups is 1. The predicted molar refractivity (Wildman–Crippen MR) is 80.3 cm³/mol. The first-order chi connectivity index (χ1) is 9.65. The average molecular weight is 272 g/mol. The average Bonchev–Trinajstić information content (AvgIpc) is 2.92. The second kappa shape index (κ2) is 5.57. The molecule has 0 aromatic heterocycles. The monoisotopic (exact) mass is 272 g/mol. The van der Waals surface area contributed by atoms with Crippen molar-refractivity contribution in [1.82, 2.24) is 4.90 Å². The summed E-state index contributed by atoms with van der Waals surface area (Å²) in [6.07, 6.45) is 6.00. The fourth-order valence-electron chi connectivity index (χ4n) is 3.72. The van der Waals surface area contributed by atoms with Gasteiger partial charge in [0.2, 0.25) is 5.91 Å². The van der Waals surface area contributed by atoms with Gasteiger partial charge in [-0.1, -0.05) is 24.3 Å². The molecule has 3 heteroatoms. The van der Waals surface area contributed by atoms with E-state index in [1.807, 2.05) is 11.9 Å². The van der Waals surface area contributed by atoms with Gasteiger partial charge in [-0.25, -0.2) is 0 Å². The molecule has 0 heterocycles. The number of likely N-dealkylation sites (N-methyl/N-ethyl adjacent to an activating group) is 1. The van der Waals surface area contributed by atoms with Gasteiger partial charge in [0.15, 0.2) is 0 Å². The van der Waals surface area contributed by atoms with Crippen molar-refractivity contribution in [2.45, 2.75) is 50.6 Å². The molecule has 3 rings (SSSR count). The molecule has 1 fully saturated rings. The van der Waals surface area contributed by atoms with E-state index in [0.717, 1.165) is 38.5 Å². The Bertz CT molecular complexity index is 500. The smallest absolute Gasteiger partial charge is 0.225 e. The summed E-state index contributed by atoms with van der Waals surface area (Å²) < 4.78 is 0. The van der Waals surface area contributed by atoms with E-state index in [9.17, 15) is 4.79 Å². The number of fused-ring (bicyclic) bond motifs is 1. The fraction of sp³-hybridized carbons (Fsp3) is 0.588. The molecule has 0 saturated heterocycles. The highest BCUT2D eigenvalue weighted by Gasteiger charge is 2.33. The van der Waals surface area contributed by atoms with Crippen LogP contribution >= 0.6 is 0 Å². The number of nitrogens with zero attached hydrogens (tertiary/aromatic N) is 1. The normalized spacial score (nSPS) is 29.0. The first-order valence-electron chi connectivity index (χ1n) is 7.74. The minimum Gasteiger partial charge on any atom is -0.342 e. The van der Waals surface area contributed by atoms with E-state index < -0.39 is 0 Å². The Balaban J connectivity index is 1.66. The molecule has 0 spiro atoms. The van der Waals surface area contributed by atoms with Gasteiger partial charge < -0.3 is 10.6 Å². The molecule has 2 aliphatic carbocycles. The Morgan fingerprint density at radius 1 is 1.20 bits per heavy atom. The van der Waals surface area contributed by atoms with Crippen LogP contribution < -0.4 is 5.73 Å². The maximum Gasteiger partial charge on any atom is 0.225 e. The van der Waals surface area contributed by atoms with Gasteiger partial charge in [0.25, 0.3) is 0 Å². The van der Waals surface area contributed by atoms with Crippen LogP contribution in [0.2, 0.25) is 0 Å². The van der Waals surface area contributed by atoms with Crippen molar-refractivity contribution in [3.8, 4) is 0 Å². The van der Waals surface area contributed by atoms with Gasteiger partial charge in [-0.15, -0.1) is 0 Å². The van der Waals surface area contributed by atoms with E-state index in [0.29, 0.717) is 11.9 Å². The van der Waals surface area contributed by atoms with E-state index in [1.165, 1.54) is 11.1 Å². The van der Waals surface area contributed by atoms with Gasteiger partial charge >= 0.3 is 0 Å². The van der Waals surface area contributed by atoms with Crippen LogP contribution in [0.4, 0.5) is 0 Å². The van der Waals surface area contributed by atoms with E-state index in [1.54, 1.807) is 0 Å². The molecule has 1 aromatic carbocycles. The summed E-state index contributed by atoms with van der Waals surface area (Å²) in [4.78, 5) is 14.6. The van der Waals surface area contributed by atoms with Gasteiger partial charge in [0.1, 0.15) is 0 Å². The van der Waals surface area contributed by atoms with Crippen molar-refractivity contribution in [3.05, 3.63) is 35.4 Å². The van der Waals surface area contributed by atoms with E-state index >= 15 is 0 Å². The minimum absolute atomic E-state index is 0.159. The summed E-state index contributed by atoms with van der Waals surface area (Å²) in [6, 6.07) is 9.19. The number of nitrogens with two attached hydrogens (primary N) is 1. The van der Waals surface area contributed by atoms with Gasteiger partial charge in [-0.2, -0.15) is 0 Å². The second-order valence-corrected chi connectivity index (χ2v) is 6.38. The first kappa shape index (κ1) is 13.6. The molecule has 108 valence electrons. The zero-order valence-corrected chi connectivity index (χ0v) is 12.2. The summed E-state index contributed by atoms with van der Waals surface area (Å²) in [5.74, 6) is 0.467. The molecule has 1 amide bonds. The predicted octanol–water partition coefficient (Wildman–Crippen LogP) is 2.13. The lowest BCUT2D eigenvalue weighted by Gasteiger charge is -2.34. The van der Waals surface area contributed by atoms with E-state index in [-0.39, 0.29) is 12.0 Å². The molecular formula is C17H24N2O. The molecule has 1 saturated carbocycles. The molecule has 20 heavy (non-hydrogen) atoms. The van der Waals surface area contributed by atoms with Gasteiger partial charge in [0, 0.05) is 25.0 Å². The molecular weight excluding hydrogens is 248 g/mol. The summed E-state index contributed by atoms with van der Waals surface area (Å²) in [7, 11) is 1.98.